The molecule has 0 aromatic heterocycles. The van der Waals surface area contributed by atoms with Gasteiger partial charge in [0.25, 0.3) is 6.54 Å². The van der Waals surface area contributed by atoms with E-state index >= 15 is 0 Å². The van der Waals surface area contributed by atoms with E-state index < -0.39 is 0 Å². The van der Waals surface area contributed by atoms with Crippen molar-refractivity contribution in [3.8, 4) is 6.07 Å². The molecule has 0 amide bonds. The second-order valence-electron chi connectivity index (χ2n) is 6.41. The van der Waals surface area contributed by atoms with Gasteiger partial charge in [0.1, 0.15) is 5.56 Å². The summed E-state index contributed by atoms with van der Waals surface area (Å²) in [4.78, 5) is 11.5. The first-order valence-corrected chi connectivity index (χ1v) is 9.27. The fourth-order valence-electron chi connectivity index (χ4n) is 3.02. The van der Waals surface area contributed by atoms with E-state index in [0.29, 0.717) is 0 Å². The van der Waals surface area contributed by atoms with Crippen LogP contribution >= 0.6 is 0 Å². The topological polar surface area (TPSA) is 20.0 Å². The van der Waals surface area contributed by atoms with Crippen molar-refractivity contribution < 1.29 is 0 Å². The molecule has 0 spiro atoms. The van der Waals surface area contributed by atoms with Gasteiger partial charge in [0.15, 0.2) is 0 Å². The third kappa shape index (κ3) is 4.93. The molecule has 2 aromatic carbocycles. The van der Waals surface area contributed by atoms with Crippen molar-refractivity contribution in [2.45, 2.75) is 32.6 Å². The van der Waals surface area contributed by atoms with Crippen LogP contribution in [0.25, 0.3) is 4.85 Å². The lowest BCUT2D eigenvalue weighted by Gasteiger charge is -2.29. The maximum absolute atomic E-state index is 4.75. The molecule has 3 rings (SSSR count). The van der Waals surface area contributed by atoms with Gasteiger partial charge >= 0.3 is 6.07 Å². The summed E-state index contributed by atoms with van der Waals surface area (Å²) in [6, 6.07) is 19.7. The van der Waals surface area contributed by atoms with E-state index in [4.69, 9.17) is 4.99 Å². The number of benzene rings is 2. The molecular formula is C22H26N3+. The lowest BCUT2D eigenvalue weighted by molar-refractivity contribution is 0.578. The summed E-state index contributed by atoms with van der Waals surface area (Å²) < 4.78 is 0. The average Bonchev–Trinajstić information content (AvgIpc) is 2.68. The molecule has 0 saturated carbocycles. The number of aliphatic imine (C=N–C) groups is 1. The van der Waals surface area contributed by atoms with Gasteiger partial charge < -0.3 is 4.90 Å². The number of rotatable bonds is 4. The van der Waals surface area contributed by atoms with Gasteiger partial charge in [0.2, 0.25) is 0 Å². The first-order chi connectivity index (χ1) is 12.4. The van der Waals surface area contributed by atoms with Crippen LogP contribution in [0, 0.1) is 6.07 Å². The van der Waals surface area contributed by atoms with E-state index in [2.05, 4.69) is 59.1 Å². The molecule has 0 N–H and O–H groups in total. The second kappa shape index (κ2) is 9.03. The average molecular weight is 332 g/mol. The minimum absolute atomic E-state index is 0.830. The Balaban J connectivity index is 1.73. The predicted octanol–water partition coefficient (Wildman–Crippen LogP) is 5.52. The Morgan fingerprint density at radius 2 is 1.80 bits per heavy atom. The van der Waals surface area contributed by atoms with Crippen LogP contribution in [0.1, 0.15) is 43.7 Å². The van der Waals surface area contributed by atoms with Crippen LogP contribution in [0.3, 0.4) is 0 Å². The lowest BCUT2D eigenvalue weighted by Crippen LogP contribution is -2.29. The summed E-state index contributed by atoms with van der Waals surface area (Å²) >= 11 is 0. The van der Waals surface area contributed by atoms with Crippen molar-refractivity contribution in [2.24, 2.45) is 4.99 Å². The molecule has 0 atom stereocenters. The van der Waals surface area contributed by atoms with Gasteiger partial charge in [-0.05, 0) is 49.1 Å². The zero-order chi connectivity index (χ0) is 17.3. The van der Waals surface area contributed by atoms with Gasteiger partial charge in [-0.1, -0.05) is 36.0 Å². The molecule has 0 aliphatic carbocycles. The monoisotopic (exact) mass is 332 g/mol. The molecule has 1 fully saturated rings. The molecule has 0 radical (unpaired) electrons. The van der Waals surface area contributed by atoms with Gasteiger partial charge in [-0.25, -0.2) is 0 Å². The molecule has 1 heterocycles. The number of piperidine rings is 1. The van der Waals surface area contributed by atoms with Gasteiger partial charge in [0, 0.05) is 25.7 Å². The first kappa shape index (κ1) is 17.2. The largest absolute Gasteiger partial charge is 0.370 e. The van der Waals surface area contributed by atoms with Crippen molar-refractivity contribution in [3.05, 3.63) is 64.5 Å². The number of hydrogen-bond acceptors (Lipinski definition) is 2. The Morgan fingerprint density at radius 1 is 1.04 bits per heavy atom. The molecule has 2 aromatic rings. The molecule has 0 bridgehead atoms. The zero-order valence-electron chi connectivity index (χ0n) is 15.0. The van der Waals surface area contributed by atoms with E-state index in [-0.39, 0.29) is 0 Å². The van der Waals surface area contributed by atoms with E-state index in [1.54, 1.807) is 0 Å². The van der Waals surface area contributed by atoms with Crippen LogP contribution in [0.4, 0.5) is 11.4 Å². The third-order valence-corrected chi connectivity index (χ3v) is 4.39. The molecule has 128 valence electrons. The SMILES string of the molecule is CCC[N+]#Cc1ccc(C=Nc2ccccc2N2CCCCC2)cc1. The van der Waals surface area contributed by atoms with E-state index in [1.165, 1.54) is 24.9 Å². The highest BCUT2D eigenvalue weighted by molar-refractivity contribution is 5.84. The highest BCUT2D eigenvalue weighted by Crippen LogP contribution is 2.30. The number of hydrogen-bond donors (Lipinski definition) is 0. The Labute approximate surface area is 150 Å². The van der Waals surface area contributed by atoms with Crippen molar-refractivity contribution in [1.29, 1.82) is 0 Å². The van der Waals surface area contributed by atoms with Crippen LogP contribution in [0.5, 0.6) is 0 Å². The minimum Gasteiger partial charge on any atom is -0.370 e. The Bertz CT molecular complexity index is 760. The second-order valence-corrected chi connectivity index (χ2v) is 6.41. The standard InChI is InChI=1S/C22H26N3/c1-2-14-23-17-19-10-12-20(13-11-19)18-24-21-8-4-5-9-22(21)25-15-6-3-7-16-25/h4-5,8-13,18H,2-3,6-7,14-16H2,1H3/q+1. The predicted molar refractivity (Wildman–Crippen MR) is 108 cm³/mol. The smallest absolute Gasteiger partial charge is 0.311 e. The molecule has 25 heavy (non-hydrogen) atoms. The van der Waals surface area contributed by atoms with Gasteiger partial charge in [-0.3, -0.25) is 4.99 Å². The Kier molecular flexibility index (Phi) is 6.23. The Hall–Kier alpha value is -2.60. The maximum Gasteiger partial charge on any atom is 0.311 e. The maximum atomic E-state index is 4.75. The van der Waals surface area contributed by atoms with Crippen LogP contribution in [0.15, 0.2) is 53.5 Å². The van der Waals surface area contributed by atoms with E-state index in [0.717, 1.165) is 42.9 Å². The van der Waals surface area contributed by atoms with Crippen LogP contribution in [-0.4, -0.2) is 25.8 Å². The third-order valence-electron chi connectivity index (χ3n) is 4.39. The molecule has 0 unspecified atom stereocenters. The summed E-state index contributed by atoms with van der Waals surface area (Å²) in [6.07, 6.45) is 6.88. The van der Waals surface area contributed by atoms with Gasteiger partial charge in [-0.2, -0.15) is 0 Å². The summed E-state index contributed by atoms with van der Waals surface area (Å²) in [6.45, 7) is 5.21. The van der Waals surface area contributed by atoms with Crippen LogP contribution in [-0.2, 0) is 0 Å². The number of nitrogens with zero attached hydrogens (tertiary/aromatic N) is 3. The molecule has 1 aliphatic rings. The molecule has 3 heteroatoms. The van der Waals surface area contributed by atoms with Gasteiger partial charge in [0.05, 0.1) is 11.4 Å². The summed E-state index contributed by atoms with van der Waals surface area (Å²) in [5.41, 5.74) is 4.40. The fraction of sp³-hybridized carbons (Fsp3) is 0.364. The van der Waals surface area contributed by atoms with Crippen LogP contribution in [0.2, 0.25) is 0 Å². The fourth-order valence-corrected chi connectivity index (χ4v) is 3.02. The molecular weight excluding hydrogens is 306 g/mol. The lowest BCUT2D eigenvalue weighted by atomic mass is 10.1. The van der Waals surface area contributed by atoms with Crippen LogP contribution < -0.4 is 4.90 Å². The van der Waals surface area contributed by atoms with E-state index in [1.807, 2.05) is 18.3 Å². The number of para-hydroxylation sites is 2. The first-order valence-electron chi connectivity index (χ1n) is 9.27. The van der Waals surface area contributed by atoms with Crippen molar-refractivity contribution >= 4 is 17.6 Å². The quantitative estimate of drug-likeness (QED) is 0.675. The zero-order valence-corrected chi connectivity index (χ0v) is 15.0. The molecule has 1 saturated heterocycles. The summed E-state index contributed by atoms with van der Waals surface area (Å²) in [5, 5.41) is 0. The Morgan fingerprint density at radius 3 is 2.56 bits per heavy atom. The molecule has 3 nitrogen and oxygen atoms in total. The highest BCUT2D eigenvalue weighted by atomic mass is 15.1. The highest BCUT2D eigenvalue weighted by Gasteiger charge is 2.13. The van der Waals surface area contributed by atoms with Crippen molar-refractivity contribution in [1.82, 2.24) is 0 Å². The summed E-state index contributed by atoms with van der Waals surface area (Å²) in [7, 11) is 0. The van der Waals surface area contributed by atoms with Crippen molar-refractivity contribution in [2.75, 3.05) is 24.5 Å². The summed E-state index contributed by atoms with van der Waals surface area (Å²) in [5.74, 6) is 0. The molecule has 1 aliphatic heterocycles. The minimum atomic E-state index is 0.830. The van der Waals surface area contributed by atoms with E-state index in [9.17, 15) is 0 Å². The van der Waals surface area contributed by atoms with Crippen molar-refractivity contribution in [3.63, 3.8) is 0 Å². The number of anilines is 1. The van der Waals surface area contributed by atoms with Gasteiger partial charge in [-0.15, -0.1) is 0 Å². The normalized spacial score (nSPS) is 14.4.